The SMILES string of the molecule is CCCOc1c(C)cc(C)cc1C(O)C(N)CCN. The van der Waals surface area contributed by atoms with Gasteiger partial charge in [-0.05, 0) is 44.9 Å². The summed E-state index contributed by atoms with van der Waals surface area (Å²) in [5.41, 5.74) is 14.4. The number of benzene rings is 1. The highest BCUT2D eigenvalue weighted by Gasteiger charge is 2.21. The van der Waals surface area contributed by atoms with Gasteiger partial charge in [-0.3, -0.25) is 0 Å². The minimum atomic E-state index is -0.742. The van der Waals surface area contributed by atoms with Gasteiger partial charge in [-0.1, -0.05) is 18.6 Å². The smallest absolute Gasteiger partial charge is 0.128 e. The van der Waals surface area contributed by atoms with Crippen molar-refractivity contribution < 1.29 is 9.84 Å². The van der Waals surface area contributed by atoms with Crippen LogP contribution < -0.4 is 16.2 Å². The van der Waals surface area contributed by atoms with E-state index in [0.717, 1.165) is 28.9 Å². The lowest BCUT2D eigenvalue weighted by atomic mass is 9.95. The third-order valence-electron chi connectivity index (χ3n) is 3.12. The molecule has 1 aromatic carbocycles. The Balaban J connectivity index is 3.08. The lowest BCUT2D eigenvalue weighted by Crippen LogP contribution is -2.31. The second kappa shape index (κ2) is 7.48. The van der Waals surface area contributed by atoms with Crippen LogP contribution in [0.15, 0.2) is 12.1 Å². The number of hydrogen-bond acceptors (Lipinski definition) is 4. The van der Waals surface area contributed by atoms with Gasteiger partial charge in [0.25, 0.3) is 0 Å². The van der Waals surface area contributed by atoms with E-state index in [1.54, 1.807) is 0 Å². The lowest BCUT2D eigenvalue weighted by molar-refractivity contribution is 0.138. The van der Waals surface area contributed by atoms with Crippen LogP contribution in [0.3, 0.4) is 0 Å². The quantitative estimate of drug-likeness (QED) is 0.703. The molecule has 0 aliphatic carbocycles. The van der Waals surface area contributed by atoms with Crippen molar-refractivity contribution in [2.45, 2.75) is 45.8 Å². The molecule has 1 aromatic rings. The summed E-state index contributed by atoms with van der Waals surface area (Å²) in [4.78, 5) is 0. The van der Waals surface area contributed by atoms with Crippen molar-refractivity contribution in [2.75, 3.05) is 13.2 Å². The fraction of sp³-hybridized carbons (Fsp3) is 0.600. The molecule has 108 valence electrons. The molecule has 1 rings (SSSR count). The van der Waals surface area contributed by atoms with Gasteiger partial charge in [0.05, 0.1) is 12.7 Å². The molecule has 0 heterocycles. The Morgan fingerprint density at radius 3 is 2.58 bits per heavy atom. The molecule has 19 heavy (non-hydrogen) atoms. The summed E-state index contributed by atoms with van der Waals surface area (Å²) in [5, 5.41) is 10.4. The summed E-state index contributed by atoms with van der Waals surface area (Å²) in [6, 6.07) is 3.63. The summed E-state index contributed by atoms with van der Waals surface area (Å²) in [5.74, 6) is 0.757. The summed E-state index contributed by atoms with van der Waals surface area (Å²) < 4.78 is 5.77. The van der Waals surface area contributed by atoms with Crippen LogP contribution in [0.2, 0.25) is 0 Å². The van der Waals surface area contributed by atoms with Crippen molar-refractivity contribution in [3.8, 4) is 5.75 Å². The summed E-state index contributed by atoms with van der Waals surface area (Å²) in [6.07, 6.45) is 0.771. The van der Waals surface area contributed by atoms with Gasteiger partial charge in [0, 0.05) is 11.6 Å². The van der Waals surface area contributed by atoms with Crippen LogP contribution in [0.25, 0.3) is 0 Å². The van der Waals surface area contributed by atoms with Crippen molar-refractivity contribution in [3.05, 3.63) is 28.8 Å². The van der Waals surface area contributed by atoms with Gasteiger partial charge >= 0.3 is 0 Å². The number of rotatable bonds is 7. The maximum atomic E-state index is 10.4. The van der Waals surface area contributed by atoms with Crippen LogP contribution in [-0.4, -0.2) is 24.3 Å². The Labute approximate surface area is 115 Å². The third kappa shape index (κ3) is 4.20. The second-order valence-electron chi connectivity index (χ2n) is 5.03. The van der Waals surface area contributed by atoms with E-state index in [4.69, 9.17) is 16.2 Å². The van der Waals surface area contributed by atoms with Crippen molar-refractivity contribution in [1.82, 2.24) is 0 Å². The third-order valence-corrected chi connectivity index (χ3v) is 3.12. The zero-order valence-electron chi connectivity index (χ0n) is 12.1. The average Bonchev–Trinajstić information content (AvgIpc) is 2.36. The number of aliphatic hydroxyl groups is 1. The molecular weight excluding hydrogens is 240 g/mol. The molecule has 4 nitrogen and oxygen atoms in total. The minimum Gasteiger partial charge on any atom is -0.493 e. The molecule has 0 radical (unpaired) electrons. The van der Waals surface area contributed by atoms with Crippen molar-refractivity contribution in [1.29, 1.82) is 0 Å². The van der Waals surface area contributed by atoms with Gasteiger partial charge in [0.15, 0.2) is 0 Å². The van der Waals surface area contributed by atoms with E-state index in [9.17, 15) is 5.11 Å². The number of aliphatic hydroxyl groups excluding tert-OH is 1. The summed E-state index contributed by atoms with van der Waals surface area (Å²) in [6.45, 7) is 7.15. The largest absolute Gasteiger partial charge is 0.493 e. The monoisotopic (exact) mass is 266 g/mol. The van der Waals surface area contributed by atoms with E-state index in [1.807, 2.05) is 19.9 Å². The molecule has 0 aliphatic heterocycles. The molecule has 0 aliphatic rings. The normalized spacial score (nSPS) is 14.2. The molecule has 0 amide bonds. The zero-order chi connectivity index (χ0) is 14.4. The molecule has 4 heteroatoms. The zero-order valence-corrected chi connectivity index (χ0v) is 12.1. The molecule has 0 fully saturated rings. The predicted molar refractivity (Wildman–Crippen MR) is 78.3 cm³/mol. The molecule has 5 N–H and O–H groups in total. The first-order valence-electron chi connectivity index (χ1n) is 6.88. The first-order chi connectivity index (χ1) is 9.01. The molecule has 0 bridgehead atoms. The maximum absolute atomic E-state index is 10.4. The highest BCUT2D eigenvalue weighted by atomic mass is 16.5. The van der Waals surface area contributed by atoms with E-state index in [2.05, 4.69) is 13.0 Å². The molecule has 2 atom stereocenters. The van der Waals surface area contributed by atoms with Crippen LogP contribution in [0, 0.1) is 13.8 Å². The standard InChI is InChI=1S/C15H26N2O2/c1-4-7-19-15-11(3)8-10(2)9-12(15)14(18)13(17)5-6-16/h8-9,13-14,18H,4-7,16-17H2,1-3H3. The number of hydrogen-bond donors (Lipinski definition) is 3. The highest BCUT2D eigenvalue weighted by molar-refractivity contribution is 5.45. The second-order valence-corrected chi connectivity index (χ2v) is 5.03. The van der Waals surface area contributed by atoms with E-state index in [-0.39, 0.29) is 6.04 Å². The molecule has 0 spiro atoms. The number of nitrogens with two attached hydrogens (primary N) is 2. The van der Waals surface area contributed by atoms with Crippen molar-refractivity contribution in [2.24, 2.45) is 11.5 Å². The fourth-order valence-corrected chi connectivity index (χ4v) is 2.19. The molecular formula is C15H26N2O2. The van der Waals surface area contributed by atoms with Crippen LogP contribution in [0.4, 0.5) is 0 Å². The Morgan fingerprint density at radius 1 is 1.32 bits per heavy atom. The van der Waals surface area contributed by atoms with Gasteiger partial charge < -0.3 is 21.3 Å². The Bertz CT molecular complexity index is 407. The minimum absolute atomic E-state index is 0.366. The topological polar surface area (TPSA) is 81.5 Å². The number of aryl methyl sites for hydroxylation is 2. The van der Waals surface area contributed by atoms with Gasteiger partial charge in [-0.25, -0.2) is 0 Å². The molecule has 2 unspecified atom stereocenters. The Morgan fingerprint density at radius 2 is 2.00 bits per heavy atom. The van der Waals surface area contributed by atoms with Crippen molar-refractivity contribution in [3.63, 3.8) is 0 Å². The van der Waals surface area contributed by atoms with E-state index in [1.165, 1.54) is 0 Å². The van der Waals surface area contributed by atoms with Crippen LogP contribution in [0.5, 0.6) is 5.75 Å². The van der Waals surface area contributed by atoms with Crippen LogP contribution >= 0.6 is 0 Å². The summed E-state index contributed by atoms with van der Waals surface area (Å²) in [7, 11) is 0. The maximum Gasteiger partial charge on any atom is 0.128 e. The van der Waals surface area contributed by atoms with Crippen LogP contribution in [-0.2, 0) is 0 Å². The average molecular weight is 266 g/mol. The Kier molecular flexibility index (Phi) is 6.28. The van der Waals surface area contributed by atoms with Gasteiger partial charge in [0.1, 0.15) is 5.75 Å². The number of ether oxygens (including phenoxy) is 1. The first kappa shape index (κ1) is 16.0. The van der Waals surface area contributed by atoms with Gasteiger partial charge in [-0.15, -0.1) is 0 Å². The van der Waals surface area contributed by atoms with Crippen molar-refractivity contribution >= 4 is 0 Å². The van der Waals surface area contributed by atoms with Gasteiger partial charge in [0.2, 0.25) is 0 Å². The predicted octanol–water partition coefficient (Wildman–Crippen LogP) is 1.80. The summed E-state index contributed by atoms with van der Waals surface area (Å²) >= 11 is 0. The highest BCUT2D eigenvalue weighted by Crippen LogP contribution is 2.32. The Hall–Kier alpha value is -1.10. The van der Waals surface area contributed by atoms with E-state index in [0.29, 0.717) is 19.6 Å². The van der Waals surface area contributed by atoms with Gasteiger partial charge in [-0.2, -0.15) is 0 Å². The van der Waals surface area contributed by atoms with E-state index >= 15 is 0 Å². The van der Waals surface area contributed by atoms with Crippen LogP contribution in [0.1, 0.15) is 42.6 Å². The fourth-order valence-electron chi connectivity index (χ4n) is 2.19. The molecule has 0 saturated heterocycles. The molecule has 0 saturated carbocycles. The first-order valence-corrected chi connectivity index (χ1v) is 6.88. The molecule has 0 aromatic heterocycles. The lowest BCUT2D eigenvalue weighted by Gasteiger charge is -2.23. The van der Waals surface area contributed by atoms with E-state index < -0.39 is 6.10 Å².